The summed E-state index contributed by atoms with van der Waals surface area (Å²) in [5.41, 5.74) is 12.2. The van der Waals surface area contributed by atoms with Gasteiger partial charge in [0.15, 0.2) is 5.78 Å². The van der Waals surface area contributed by atoms with E-state index in [4.69, 9.17) is 11.5 Å². The Kier molecular flexibility index (Phi) is 3.59. The molecule has 0 fully saturated rings. The van der Waals surface area contributed by atoms with Crippen molar-refractivity contribution in [2.24, 2.45) is 5.73 Å². The van der Waals surface area contributed by atoms with Crippen LogP contribution in [0.1, 0.15) is 30.1 Å². The van der Waals surface area contributed by atoms with E-state index in [0.29, 0.717) is 17.7 Å². The summed E-state index contributed by atoms with van der Waals surface area (Å²) in [6.07, 6.45) is 4.57. The van der Waals surface area contributed by atoms with Crippen molar-refractivity contribution in [3.05, 3.63) is 24.0 Å². The molecule has 76 valence electrons. The van der Waals surface area contributed by atoms with Gasteiger partial charge in [0.25, 0.3) is 0 Å². The molecule has 0 aromatic carbocycles. The number of rotatable bonds is 4. The summed E-state index contributed by atoms with van der Waals surface area (Å²) in [4.78, 5) is 15.6. The lowest BCUT2D eigenvalue weighted by molar-refractivity contribution is 0.0957. The molecule has 0 spiro atoms. The first-order valence-corrected chi connectivity index (χ1v) is 4.66. The Balaban J connectivity index is 2.84. The molecule has 1 heterocycles. The van der Waals surface area contributed by atoms with Gasteiger partial charge in [-0.3, -0.25) is 9.78 Å². The zero-order valence-corrected chi connectivity index (χ0v) is 8.23. The van der Waals surface area contributed by atoms with E-state index in [0.717, 1.165) is 6.42 Å². The van der Waals surface area contributed by atoms with Crippen LogP contribution in [0.15, 0.2) is 18.5 Å². The fraction of sp³-hybridized carbons (Fsp3) is 0.400. The number of anilines is 1. The van der Waals surface area contributed by atoms with Gasteiger partial charge in [0.1, 0.15) is 0 Å². The van der Waals surface area contributed by atoms with Crippen LogP contribution in [0.5, 0.6) is 0 Å². The summed E-state index contributed by atoms with van der Waals surface area (Å²) in [7, 11) is 0. The van der Waals surface area contributed by atoms with Crippen LogP contribution in [-0.4, -0.2) is 16.8 Å². The number of carbonyl (C=O) groups excluding carboxylic acids is 1. The number of nitrogens with two attached hydrogens (primary N) is 2. The van der Waals surface area contributed by atoms with Crippen LogP contribution in [0.4, 0.5) is 5.69 Å². The fourth-order valence-corrected chi connectivity index (χ4v) is 1.25. The van der Waals surface area contributed by atoms with Crippen molar-refractivity contribution in [1.82, 2.24) is 4.98 Å². The van der Waals surface area contributed by atoms with Gasteiger partial charge in [-0.2, -0.15) is 0 Å². The number of hydrogen-bond acceptors (Lipinski definition) is 4. The molecular formula is C10H15N3O. The molecule has 4 N–H and O–H groups in total. The standard InChI is InChI=1S/C10H15N3O/c1-2-3-9(12)10(14)7-6-13-5-4-8(7)11/h4-6,9H,2-3,12H2,1H3,(H2,11,13). The molecule has 0 amide bonds. The van der Waals surface area contributed by atoms with Crippen molar-refractivity contribution in [3.8, 4) is 0 Å². The molecule has 0 aliphatic carbocycles. The van der Waals surface area contributed by atoms with Gasteiger partial charge in [0.2, 0.25) is 0 Å². The Hall–Kier alpha value is -1.42. The number of aromatic nitrogens is 1. The van der Waals surface area contributed by atoms with Crippen LogP contribution in [-0.2, 0) is 0 Å². The largest absolute Gasteiger partial charge is 0.398 e. The summed E-state index contributed by atoms with van der Waals surface area (Å²) >= 11 is 0. The maximum Gasteiger partial charge on any atom is 0.183 e. The predicted molar refractivity (Wildman–Crippen MR) is 55.9 cm³/mol. The Labute approximate surface area is 83.3 Å². The van der Waals surface area contributed by atoms with Crippen molar-refractivity contribution >= 4 is 11.5 Å². The Morgan fingerprint density at radius 2 is 2.36 bits per heavy atom. The second-order valence-corrected chi connectivity index (χ2v) is 3.22. The lowest BCUT2D eigenvalue weighted by atomic mass is 10.0. The van der Waals surface area contributed by atoms with Crippen LogP contribution in [0, 0.1) is 0 Å². The molecule has 1 atom stereocenters. The number of ketones is 1. The van der Waals surface area contributed by atoms with Gasteiger partial charge in [-0.15, -0.1) is 0 Å². The Morgan fingerprint density at radius 3 is 2.93 bits per heavy atom. The second kappa shape index (κ2) is 4.72. The molecule has 1 aromatic heterocycles. The SMILES string of the molecule is CCCC(N)C(=O)c1cnccc1N. The number of carbonyl (C=O) groups is 1. The maximum absolute atomic E-state index is 11.7. The predicted octanol–water partition coefficient (Wildman–Crippen LogP) is 0.974. The van der Waals surface area contributed by atoms with E-state index >= 15 is 0 Å². The van der Waals surface area contributed by atoms with E-state index in [1.807, 2.05) is 6.92 Å². The number of nitrogen functional groups attached to an aromatic ring is 1. The second-order valence-electron chi connectivity index (χ2n) is 3.22. The summed E-state index contributed by atoms with van der Waals surface area (Å²) in [6, 6.07) is 1.14. The summed E-state index contributed by atoms with van der Waals surface area (Å²) in [5, 5.41) is 0. The van der Waals surface area contributed by atoms with Crippen LogP contribution in [0.25, 0.3) is 0 Å². The number of pyridine rings is 1. The highest BCUT2D eigenvalue weighted by Gasteiger charge is 2.16. The Bertz CT molecular complexity index is 325. The van der Waals surface area contributed by atoms with Crippen LogP contribution in [0.2, 0.25) is 0 Å². The molecule has 4 heteroatoms. The zero-order chi connectivity index (χ0) is 10.6. The highest BCUT2D eigenvalue weighted by Crippen LogP contribution is 2.12. The highest BCUT2D eigenvalue weighted by atomic mass is 16.1. The van der Waals surface area contributed by atoms with E-state index in [2.05, 4.69) is 4.98 Å². The van der Waals surface area contributed by atoms with E-state index in [1.165, 1.54) is 6.20 Å². The number of hydrogen-bond donors (Lipinski definition) is 2. The summed E-state index contributed by atoms with van der Waals surface area (Å²) in [6.45, 7) is 1.99. The van der Waals surface area contributed by atoms with Gasteiger partial charge >= 0.3 is 0 Å². The molecule has 1 rings (SSSR count). The maximum atomic E-state index is 11.7. The Morgan fingerprint density at radius 1 is 1.64 bits per heavy atom. The topological polar surface area (TPSA) is 82.0 Å². The molecule has 1 aromatic rings. The molecule has 0 saturated carbocycles. The third-order valence-corrected chi connectivity index (χ3v) is 2.06. The lowest BCUT2D eigenvalue weighted by Gasteiger charge is -2.10. The quantitative estimate of drug-likeness (QED) is 0.698. The van der Waals surface area contributed by atoms with Crippen LogP contribution < -0.4 is 11.5 Å². The minimum absolute atomic E-state index is 0.127. The lowest BCUT2D eigenvalue weighted by Crippen LogP contribution is -2.30. The van der Waals surface area contributed by atoms with Gasteiger partial charge in [0, 0.05) is 18.1 Å². The summed E-state index contributed by atoms with van der Waals surface area (Å²) in [5.74, 6) is -0.127. The molecule has 0 aliphatic rings. The van der Waals surface area contributed by atoms with Crippen molar-refractivity contribution in [1.29, 1.82) is 0 Å². The average Bonchev–Trinajstić information content (AvgIpc) is 2.18. The monoisotopic (exact) mass is 193 g/mol. The van der Waals surface area contributed by atoms with Gasteiger partial charge in [-0.05, 0) is 12.5 Å². The molecular weight excluding hydrogens is 178 g/mol. The van der Waals surface area contributed by atoms with Crippen molar-refractivity contribution in [3.63, 3.8) is 0 Å². The average molecular weight is 193 g/mol. The minimum Gasteiger partial charge on any atom is -0.398 e. The summed E-state index contributed by atoms with van der Waals surface area (Å²) < 4.78 is 0. The molecule has 0 saturated heterocycles. The van der Waals surface area contributed by atoms with E-state index in [-0.39, 0.29) is 5.78 Å². The number of Topliss-reactive ketones (excluding diaryl/α,β-unsaturated/α-hetero) is 1. The van der Waals surface area contributed by atoms with E-state index < -0.39 is 6.04 Å². The minimum atomic E-state index is -0.466. The molecule has 14 heavy (non-hydrogen) atoms. The fourth-order valence-electron chi connectivity index (χ4n) is 1.25. The van der Waals surface area contributed by atoms with Crippen molar-refractivity contribution in [2.45, 2.75) is 25.8 Å². The molecule has 0 radical (unpaired) electrons. The highest BCUT2D eigenvalue weighted by molar-refractivity contribution is 6.03. The molecule has 0 aliphatic heterocycles. The van der Waals surface area contributed by atoms with Gasteiger partial charge < -0.3 is 11.5 Å². The van der Waals surface area contributed by atoms with Crippen molar-refractivity contribution < 1.29 is 4.79 Å². The third kappa shape index (κ3) is 2.29. The zero-order valence-electron chi connectivity index (χ0n) is 8.23. The first-order chi connectivity index (χ1) is 6.66. The van der Waals surface area contributed by atoms with Crippen LogP contribution >= 0.6 is 0 Å². The van der Waals surface area contributed by atoms with E-state index in [9.17, 15) is 4.79 Å². The first-order valence-electron chi connectivity index (χ1n) is 4.66. The molecule has 4 nitrogen and oxygen atoms in total. The first kappa shape index (κ1) is 10.7. The van der Waals surface area contributed by atoms with Crippen molar-refractivity contribution in [2.75, 3.05) is 5.73 Å². The van der Waals surface area contributed by atoms with Gasteiger partial charge in [-0.1, -0.05) is 13.3 Å². The third-order valence-electron chi connectivity index (χ3n) is 2.06. The molecule has 0 bridgehead atoms. The van der Waals surface area contributed by atoms with Gasteiger partial charge in [0.05, 0.1) is 11.6 Å². The number of nitrogens with zero attached hydrogens (tertiary/aromatic N) is 1. The van der Waals surface area contributed by atoms with E-state index in [1.54, 1.807) is 12.3 Å². The smallest absolute Gasteiger partial charge is 0.183 e. The normalized spacial score (nSPS) is 12.4. The molecule has 1 unspecified atom stereocenters. The van der Waals surface area contributed by atoms with Crippen LogP contribution in [0.3, 0.4) is 0 Å². The van der Waals surface area contributed by atoms with Gasteiger partial charge in [-0.25, -0.2) is 0 Å².